The van der Waals surface area contributed by atoms with E-state index in [0.717, 1.165) is 48.7 Å². The maximum atomic E-state index is 5.84. The topological polar surface area (TPSA) is 18.5 Å². The summed E-state index contributed by atoms with van der Waals surface area (Å²) < 4.78 is 11.7. The van der Waals surface area contributed by atoms with Crippen molar-refractivity contribution in [3.8, 4) is 11.5 Å². The lowest BCUT2D eigenvalue weighted by Crippen LogP contribution is -2.01. The van der Waals surface area contributed by atoms with E-state index in [1.165, 1.54) is 0 Å². The minimum absolute atomic E-state index is 0.731. The third kappa shape index (κ3) is 4.76. The molecule has 110 valence electrons. The van der Waals surface area contributed by atoms with E-state index >= 15 is 0 Å². The fourth-order valence-corrected chi connectivity index (χ4v) is 1.89. The molecule has 0 bridgehead atoms. The standard InChI is InChI=1S/C18H26O2/c1-5-9-15-13-18(20-12-8-4)16(10-6-2)14-17(15)19-11-7-3/h5-6,9-10,13-14H,7-8,11-12H2,1-4H3/b9-5+,10-6+. The molecule has 0 aromatic heterocycles. The van der Waals surface area contributed by atoms with Crippen molar-refractivity contribution in [2.24, 2.45) is 0 Å². The molecule has 0 N–H and O–H groups in total. The van der Waals surface area contributed by atoms with Crippen molar-refractivity contribution >= 4 is 12.2 Å². The Morgan fingerprint density at radius 3 is 1.50 bits per heavy atom. The highest BCUT2D eigenvalue weighted by Crippen LogP contribution is 2.31. The van der Waals surface area contributed by atoms with Crippen molar-refractivity contribution in [1.29, 1.82) is 0 Å². The first-order chi connectivity index (χ1) is 9.76. The van der Waals surface area contributed by atoms with Gasteiger partial charge >= 0.3 is 0 Å². The van der Waals surface area contributed by atoms with Gasteiger partial charge in [0.05, 0.1) is 13.2 Å². The second-order valence-electron chi connectivity index (χ2n) is 4.62. The number of allylic oxidation sites excluding steroid dienone is 2. The van der Waals surface area contributed by atoms with Crippen LogP contribution in [0.25, 0.3) is 12.2 Å². The molecule has 0 saturated heterocycles. The lowest BCUT2D eigenvalue weighted by molar-refractivity contribution is 0.307. The monoisotopic (exact) mass is 274 g/mol. The van der Waals surface area contributed by atoms with E-state index in [0.29, 0.717) is 0 Å². The van der Waals surface area contributed by atoms with Gasteiger partial charge in [-0.2, -0.15) is 0 Å². The van der Waals surface area contributed by atoms with Crippen LogP contribution in [-0.2, 0) is 0 Å². The smallest absolute Gasteiger partial charge is 0.127 e. The van der Waals surface area contributed by atoms with Crippen LogP contribution in [-0.4, -0.2) is 13.2 Å². The minimum atomic E-state index is 0.731. The van der Waals surface area contributed by atoms with Gasteiger partial charge in [-0.05, 0) is 38.8 Å². The van der Waals surface area contributed by atoms with E-state index in [2.05, 4.69) is 38.1 Å². The average molecular weight is 274 g/mol. The highest BCUT2D eigenvalue weighted by molar-refractivity contribution is 5.67. The molecule has 0 saturated carbocycles. The first kappa shape index (κ1) is 16.4. The molecule has 0 aliphatic rings. The zero-order valence-corrected chi connectivity index (χ0v) is 13.1. The summed E-state index contributed by atoms with van der Waals surface area (Å²) in [5, 5.41) is 0. The largest absolute Gasteiger partial charge is 0.493 e. The normalized spacial score (nSPS) is 11.4. The Balaban J connectivity index is 3.19. The lowest BCUT2D eigenvalue weighted by Gasteiger charge is -2.14. The van der Waals surface area contributed by atoms with Gasteiger partial charge in [0.25, 0.3) is 0 Å². The Bertz CT molecular complexity index is 415. The summed E-state index contributed by atoms with van der Waals surface area (Å²) in [7, 11) is 0. The first-order valence-corrected chi connectivity index (χ1v) is 7.45. The van der Waals surface area contributed by atoms with Crippen LogP contribution in [0.3, 0.4) is 0 Å². The summed E-state index contributed by atoms with van der Waals surface area (Å²) in [4.78, 5) is 0. The van der Waals surface area contributed by atoms with E-state index in [4.69, 9.17) is 9.47 Å². The van der Waals surface area contributed by atoms with Gasteiger partial charge in [0.15, 0.2) is 0 Å². The Labute approximate surface area is 123 Å². The van der Waals surface area contributed by atoms with Gasteiger partial charge in [-0.25, -0.2) is 0 Å². The summed E-state index contributed by atoms with van der Waals surface area (Å²) >= 11 is 0. The summed E-state index contributed by atoms with van der Waals surface area (Å²) in [6, 6.07) is 4.13. The van der Waals surface area contributed by atoms with Gasteiger partial charge in [0.2, 0.25) is 0 Å². The van der Waals surface area contributed by atoms with Gasteiger partial charge in [-0.3, -0.25) is 0 Å². The van der Waals surface area contributed by atoms with Crippen molar-refractivity contribution in [2.75, 3.05) is 13.2 Å². The number of hydrogen-bond acceptors (Lipinski definition) is 2. The van der Waals surface area contributed by atoms with E-state index in [1.807, 2.05) is 26.0 Å². The predicted octanol–water partition coefficient (Wildman–Crippen LogP) is 5.33. The van der Waals surface area contributed by atoms with Gasteiger partial charge in [0, 0.05) is 11.1 Å². The third-order valence-electron chi connectivity index (χ3n) is 2.76. The molecule has 0 heterocycles. The predicted molar refractivity (Wildman–Crippen MR) is 87.4 cm³/mol. The molecule has 0 radical (unpaired) electrons. The molecule has 1 rings (SSSR count). The molecule has 1 aromatic rings. The second-order valence-corrected chi connectivity index (χ2v) is 4.62. The molecular formula is C18H26O2. The van der Waals surface area contributed by atoms with Crippen LogP contribution in [0.15, 0.2) is 24.3 Å². The third-order valence-corrected chi connectivity index (χ3v) is 2.76. The Morgan fingerprint density at radius 2 is 1.20 bits per heavy atom. The number of hydrogen-bond donors (Lipinski definition) is 0. The molecule has 0 amide bonds. The van der Waals surface area contributed by atoms with Gasteiger partial charge in [-0.1, -0.05) is 38.2 Å². The molecule has 0 aliphatic carbocycles. The molecule has 0 aliphatic heterocycles. The zero-order valence-electron chi connectivity index (χ0n) is 13.1. The summed E-state index contributed by atoms with van der Waals surface area (Å²) in [5.74, 6) is 1.84. The van der Waals surface area contributed by atoms with Crippen LogP contribution in [0.4, 0.5) is 0 Å². The highest BCUT2D eigenvalue weighted by atomic mass is 16.5. The van der Waals surface area contributed by atoms with Gasteiger partial charge in [0.1, 0.15) is 11.5 Å². The van der Waals surface area contributed by atoms with Crippen LogP contribution < -0.4 is 9.47 Å². The van der Waals surface area contributed by atoms with E-state index in [9.17, 15) is 0 Å². The highest BCUT2D eigenvalue weighted by Gasteiger charge is 2.09. The van der Waals surface area contributed by atoms with Crippen molar-refractivity contribution in [2.45, 2.75) is 40.5 Å². The molecule has 2 nitrogen and oxygen atoms in total. The van der Waals surface area contributed by atoms with Gasteiger partial charge < -0.3 is 9.47 Å². The van der Waals surface area contributed by atoms with Crippen LogP contribution in [0.2, 0.25) is 0 Å². The fraction of sp³-hybridized carbons (Fsp3) is 0.444. The van der Waals surface area contributed by atoms with Crippen LogP contribution in [0, 0.1) is 0 Å². The maximum absolute atomic E-state index is 5.84. The van der Waals surface area contributed by atoms with Gasteiger partial charge in [-0.15, -0.1) is 0 Å². The Morgan fingerprint density at radius 1 is 0.800 bits per heavy atom. The Hall–Kier alpha value is -1.70. The molecule has 0 fully saturated rings. The van der Waals surface area contributed by atoms with E-state index < -0.39 is 0 Å². The van der Waals surface area contributed by atoms with Crippen LogP contribution >= 0.6 is 0 Å². The molecule has 0 atom stereocenters. The molecule has 0 unspecified atom stereocenters. The van der Waals surface area contributed by atoms with Crippen LogP contribution in [0.1, 0.15) is 51.7 Å². The van der Waals surface area contributed by atoms with Crippen molar-refractivity contribution in [1.82, 2.24) is 0 Å². The number of ether oxygens (including phenoxy) is 2. The van der Waals surface area contributed by atoms with Crippen molar-refractivity contribution in [3.63, 3.8) is 0 Å². The molecule has 2 heteroatoms. The average Bonchev–Trinajstić information content (AvgIpc) is 2.46. The van der Waals surface area contributed by atoms with E-state index in [-0.39, 0.29) is 0 Å². The molecule has 0 spiro atoms. The van der Waals surface area contributed by atoms with Crippen LogP contribution in [0.5, 0.6) is 11.5 Å². The summed E-state index contributed by atoms with van der Waals surface area (Å²) in [6.07, 6.45) is 10.2. The lowest BCUT2D eigenvalue weighted by atomic mass is 10.1. The first-order valence-electron chi connectivity index (χ1n) is 7.45. The fourth-order valence-electron chi connectivity index (χ4n) is 1.89. The molecule has 20 heavy (non-hydrogen) atoms. The Kier molecular flexibility index (Phi) is 7.56. The molecular weight excluding hydrogens is 248 g/mol. The number of rotatable bonds is 8. The number of benzene rings is 1. The minimum Gasteiger partial charge on any atom is -0.493 e. The maximum Gasteiger partial charge on any atom is 0.127 e. The quantitative estimate of drug-likeness (QED) is 0.638. The van der Waals surface area contributed by atoms with Crippen molar-refractivity contribution in [3.05, 3.63) is 35.4 Å². The summed E-state index contributed by atoms with van der Waals surface area (Å²) in [5.41, 5.74) is 2.14. The SMILES string of the molecule is C/C=C/c1cc(OCCC)c(/C=C/C)cc1OCCC. The summed E-state index contributed by atoms with van der Waals surface area (Å²) in [6.45, 7) is 9.71. The van der Waals surface area contributed by atoms with Crippen molar-refractivity contribution < 1.29 is 9.47 Å². The second kappa shape index (κ2) is 9.24. The molecule has 1 aromatic carbocycles. The zero-order chi connectivity index (χ0) is 14.8. The van der Waals surface area contributed by atoms with E-state index in [1.54, 1.807) is 0 Å².